The molecule has 0 aliphatic rings. The number of hydrogen-bond acceptors (Lipinski definition) is 4. The number of thiazole rings is 1. The fourth-order valence-electron chi connectivity index (χ4n) is 1.56. The fourth-order valence-corrected chi connectivity index (χ4v) is 2.34. The molecule has 0 unspecified atom stereocenters. The van der Waals surface area contributed by atoms with Gasteiger partial charge in [0.25, 0.3) is 0 Å². The van der Waals surface area contributed by atoms with E-state index < -0.39 is 0 Å². The second-order valence-electron chi connectivity index (χ2n) is 3.69. The number of hydrogen-bond donors (Lipinski definition) is 1. The lowest BCUT2D eigenvalue weighted by molar-refractivity contribution is 0.499. The third kappa shape index (κ3) is 3.18. The normalized spacial score (nSPS) is 10.8. The molecule has 0 aliphatic carbocycles. The monoisotopic (exact) mass is 236 g/mol. The minimum Gasteiger partial charge on any atom is -0.469 e. The molecule has 2 aromatic heterocycles. The molecule has 0 fully saturated rings. The van der Waals surface area contributed by atoms with Crippen LogP contribution < -0.4 is 5.32 Å². The quantitative estimate of drug-likeness (QED) is 0.783. The summed E-state index contributed by atoms with van der Waals surface area (Å²) in [4.78, 5) is 5.61. The lowest BCUT2D eigenvalue weighted by Gasteiger charge is -2.02. The number of furan rings is 1. The minimum absolute atomic E-state index is 0.953. The van der Waals surface area contributed by atoms with Gasteiger partial charge in [-0.15, -0.1) is 11.3 Å². The van der Waals surface area contributed by atoms with Gasteiger partial charge in [-0.05, 0) is 25.5 Å². The van der Waals surface area contributed by atoms with Crippen molar-refractivity contribution in [3.05, 3.63) is 40.2 Å². The Morgan fingerprint density at radius 3 is 2.94 bits per heavy atom. The zero-order valence-corrected chi connectivity index (χ0v) is 10.2. The van der Waals surface area contributed by atoms with Crippen LogP contribution in [0.15, 0.2) is 28.3 Å². The maximum atomic E-state index is 5.26. The summed E-state index contributed by atoms with van der Waals surface area (Å²) in [6, 6.07) is 3.94. The lowest BCUT2D eigenvalue weighted by Crippen LogP contribution is -2.19. The van der Waals surface area contributed by atoms with Gasteiger partial charge in [-0.2, -0.15) is 0 Å². The molecule has 16 heavy (non-hydrogen) atoms. The van der Waals surface area contributed by atoms with Crippen molar-refractivity contribution in [1.82, 2.24) is 10.3 Å². The Kier molecular flexibility index (Phi) is 4.13. The summed E-state index contributed by atoms with van der Waals surface area (Å²) >= 11 is 1.74. The van der Waals surface area contributed by atoms with E-state index in [-0.39, 0.29) is 0 Å². The van der Waals surface area contributed by atoms with Crippen molar-refractivity contribution in [1.29, 1.82) is 0 Å². The number of rotatable bonds is 6. The van der Waals surface area contributed by atoms with Gasteiger partial charge in [0.1, 0.15) is 5.76 Å². The second kappa shape index (κ2) is 5.82. The van der Waals surface area contributed by atoms with Crippen LogP contribution in [0.4, 0.5) is 0 Å². The van der Waals surface area contributed by atoms with Crippen molar-refractivity contribution in [2.75, 3.05) is 13.1 Å². The van der Waals surface area contributed by atoms with Crippen molar-refractivity contribution >= 4 is 11.3 Å². The summed E-state index contributed by atoms with van der Waals surface area (Å²) in [7, 11) is 0. The molecule has 86 valence electrons. The molecule has 0 atom stereocenters. The molecule has 0 amide bonds. The Bertz CT molecular complexity index is 408. The lowest BCUT2D eigenvalue weighted by atomic mass is 10.3. The molecule has 1 N–H and O–H groups in total. The van der Waals surface area contributed by atoms with Crippen LogP contribution >= 0.6 is 11.3 Å². The standard InChI is InChI=1S/C12H16N2OS/c1-10-12(16-9-14-10)5-7-13-6-4-11-3-2-8-15-11/h2-3,8-9,13H,4-7H2,1H3. The number of nitrogens with zero attached hydrogens (tertiary/aromatic N) is 1. The van der Waals surface area contributed by atoms with Crippen molar-refractivity contribution < 1.29 is 4.42 Å². The predicted molar refractivity (Wildman–Crippen MR) is 65.8 cm³/mol. The second-order valence-corrected chi connectivity index (χ2v) is 4.63. The molecule has 0 spiro atoms. The molecule has 0 aliphatic heterocycles. The Morgan fingerprint density at radius 2 is 2.25 bits per heavy atom. The number of nitrogens with one attached hydrogen (secondary N) is 1. The van der Waals surface area contributed by atoms with Gasteiger partial charge in [-0.3, -0.25) is 0 Å². The van der Waals surface area contributed by atoms with E-state index in [1.165, 1.54) is 4.88 Å². The molecule has 0 bridgehead atoms. The molecule has 2 rings (SSSR count). The average Bonchev–Trinajstić information content (AvgIpc) is 2.90. The molecule has 0 aromatic carbocycles. The van der Waals surface area contributed by atoms with Crippen LogP contribution in [-0.4, -0.2) is 18.1 Å². The van der Waals surface area contributed by atoms with E-state index in [1.807, 2.05) is 17.6 Å². The molecule has 0 saturated carbocycles. The van der Waals surface area contributed by atoms with Crippen LogP contribution in [0.3, 0.4) is 0 Å². The van der Waals surface area contributed by atoms with Crippen LogP contribution in [-0.2, 0) is 12.8 Å². The Morgan fingerprint density at radius 1 is 1.38 bits per heavy atom. The van der Waals surface area contributed by atoms with Crippen LogP contribution in [0.25, 0.3) is 0 Å². The van der Waals surface area contributed by atoms with Gasteiger partial charge in [0.2, 0.25) is 0 Å². The highest BCUT2D eigenvalue weighted by atomic mass is 32.1. The summed E-state index contributed by atoms with van der Waals surface area (Å²) in [6.07, 6.45) is 3.74. The SMILES string of the molecule is Cc1ncsc1CCNCCc1ccco1. The van der Waals surface area contributed by atoms with Gasteiger partial charge >= 0.3 is 0 Å². The summed E-state index contributed by atoms with van der Waals surface area (Å²) in [5.41, 5.74) is 3.07. The topological polar surface area (TPSA) is 38.1 Å². The Balaban J connectivity index is 1.61. The smallest absolute Gasteiger partial charge is 0.105 e. The Hall–Kier alpha value is -1.13. The zero-order chi connectivity index (χ0) is 11.2. The third-order valence-electron chi connectivity index (χ3n) is 2.50. The maximum absolute atomic E-state index is 5.26. The van der Waals surface area contributed by atoms with Crippen molar-refractivity contribution in [3.8, 4) is 0 Å². The molecular formula is C12H16N2OS. The summed E-state index contributed by atoms with van der Waals surface area (Å²) in [5, 5.41) is 3.41. The van der Waals surface area contributed by atoms with Gasteiger partial charge in [-0.25, -0.2) is 4.98 Å². The highest BCUT2D eigenvalue weighted by Crippen LogP contribution is 2.11. The van der Waals surface area contributed by atoms with E-state index in [0.29, 0.717) is 0 Å². The van der Waals surface area contributed by atoms with Crippen LogP contribution in [0.2, 0.25) is 0 Å². The molecular weight excluding hydrogens is 220 g/mol. The predicted octanol–water partition coefficient (Wildman–Crippen LogP) is 2.42. The first-order chi connectivity index (χ1) is 7.86. The van der Waals surface area contributed by atoms with E-state index in [2.05, 4.69) is 17.2 Å². The molecule has 0 radical (unpaired) electrons. The van der Waals surface area contributed by atoms with E-state index in [0.717, 1.165) is 37.4 Å². The molecule has 2 aromatic rings. The molecule has 0 saturated heterocycles. The first-order valence-electron chi connectivity index (χ1n) is 5.48. The van der Waals surface area contributed by atoms with Crippen LogP contribution in [0.1, 0.15) is 16.3 Å². The zero-order valence-electron chi connectivity index (χ0n) is 9.40. The van der Waals surface area contributed by atoms with E-state index in [9.17, 15) is 0 Å². The maximum Gasteiger partial charge on any atom is 0.105 e. The highest BCUT2D eigenvalue weighted by molar-refractivity contribution is 7.09. The third-order valence-corrected chi connectivity index (χ3v) is 3.50. The largest absolute Gasteiger partial charge is 0.469 e. The van der Waals surface area contributed by atoms with Crippen molar-refractivity contribution in [3.63, 3.8) is 0 Å². The number of aromatic nitrogens is 1. The first-order valence-corrected chi connectivity index (χ1v) is 6.36. The van der Waals surface area contributed by atoms with Gasteiger partial charge in [0.05, 0.1) is 17.5 Å². The molecule has 4 heteroatoms. The first kappa shape index (κ1) is 11.4. The van der Waals surface area contributed by atoms with Crippen LogP contribution in [0, 0.1) is 6.92 Å². The number of aryl methyl sites for hydroxylation is 1. The van der Waals surface area contributed by atoms with E-state index in [4.69, 9.17) is 4.42 Å². The van der Waals surface area contributed by atoms with Gasteiger partial charge < -0.3 is 9.73 Å². The van der Waals surface area contributed by atoms with E-state index >= 15 is 0 Å². The van der Waals surface area contributed by atoms with Crippen molar-refractivity contribution in [2.45, 2.75) is 19.8 Å². The van der Waals surface area contributed by atoms with Gasteiger partial charge in [-0.1, -0.05) is 0 Å². The van der Waals surface area contributed by atoms with E-state index in [1.54, 1.807) is 17.6 Å². The average molecular weight is 236 g/mol. The summed E-state index contributed by atoms with van der Waals surface area (Å²) in [5.74, 6) is 1.04. The molecule has 3 nitrogen and oxygen atoms in total. The van der Waals surface area contributed by atoms with Gasteiger partial charge in [0, 0.05) is 24.4 Å². The van der Waals surface area contributed by atoms with Crippen molar-refractivity contribution in [2.24, 2.45) is 0 Å². The van der Waals surface area contributed by atoms with Gasteiger partial charge in [0.15, 0.2) is 0 Å². The minimum atomic E-state index is 0.953. The summed E-state index contributed by atoms with van der Waals surface area (Å²) in [6.45, 7) is 4.03. The fraction of sp³-hybridized carbons (Fsp3) is 0.417. The van der Waals surface area contributed by atoms with Crippen LogP contribution in [0.5, 0.6) is 0 Å². The highest BCUT2D eigenvalue weighted by Gasteiger charge is 2.00. The Labute approximate surface area is 99.5 Å². The molecule has 2 heterocycles. The summed E-state index contributed by atoms with van der Waals surface area (Å²) < 4.78 is 5.26.